The average Bonchev–Trinajstić information content (AvgIpc) is 3.68. The molecule has 8 heteroatoms. The summed E-state index contributed by atoms with van der Waals surface area (Å²) in [6, 6.07) is 17.8. The van der Waals surface area contributed by atoms with Gasteiger partial charge in [0.05, 0.1) is 17.8 Å². The molecule has 1 atom stereocenters. The largest absolute Gasteiger partial charge is 0.338 e. The number of carbonyl (C=O) groups is 2. The number of fused-ring (bicyclic) bond motifs is 1. The third kappa shape index (κ3) is 3.88. The fraction of sp³-hybridized carbons (Fsp3) is 0.250. The number of anilines is 1. The topological polar surface area (TPSA) is 63.4 Å². The first-order chi connectivity index (χ1) is 17.6. The van der Waals surface area contributed by atoms with E-state index in [1.165, 1.54) is 17.7 Å². The van der Waals surface area contributed by atoms with Gasteiger partial charge in [0.15, 0.2) is 5.82 Å². The fourth-order valence-corrected chi connectivity index (χ4v) is 5.31. The van der Waals surface area contributed by atoms with E-state index < -0.39 is 0 Å². The molecule has 0 N–H and O–H groups in total. The summed E-state index contributed by atoms with van der Waals surface area (Å²) < 4.78 is 17.0. The Labute approximate surface area is 208 Å². The van der Waals surface area contributed by atoms with Gasteiger partial charge in [-0.2, -0.15) is 5.10 Å². The summed E-state index contributed by atoms with van der Waals surface area (Å²) in [5.41, 5.74) is 3.27. The summed E-state index contributed by atoms with van der Waals surface area (Å²) in [5, 5.41) is 4.48. The van der Waals surface area contributed by atoms with Crippen LogP contribution in [0.3, 0.4) is 0 Å². The van der Waals surface area contributed by atoms with Crippen LogP contribution >= 0.6 is 0 Å². The zero-order chi connectivity index (χ0) is 24.6. The molecule has 0 unspecified atom stereocenters. The normalized spacial score (nSPS) is 17.3. The molecule has 2 aromatic carbocycles. The molecule has 7 nitrogen and oxygen atoms in total. The van der Waals surface area contributed by atoms with E-state index in [4.69, 9.17) is 0 Å². The molecule has 0 spiro atoms. The van der Waals surface area contributed by atoms with Gasteiger partial charge in [0, 0.05) is 37.7 Å². The summed E-state index contributed by atoms with van der Waals surface area (Å²) in [6.07, 6.45) is 7.65. The fourth-order valence-electron chi connectivity index (χ4n) is 5.31. The van der Waals surface area contributed by atoms with E-state index in [1.54, 1.807) is 27.9 Å². The van der Waals surface area contributed by atoms with Crippen LogP contribution in [0.15, 0.2) is 79.3 Å². The number of rotatable bonds is 4. The van der Waals surface area contributed by atoms with E-state index in [0.29, 0.717) is 36.7 Å². The molecule has 2 aliphatic heterocycles. The van der Waals surface area contributed by atoms with Crippen molar-refractivity contribution in [3.8, 4) is 11.5 Å². The number of carbonyl (C=O) groups excluding carboxylic acids is 2. The van der Waals surface area contributed by atoms with Crippen LogP contribution in [0.4, 0.5) is 10.1 Å². The highest BCUT2D eigenvalue weighted by Gasteiger charge is 2.35. The van der Waals surface area contributed by atoms with Crippen LogP contribution < -0.4 is 4.90 Å². The number of halogens is 1. The maximum atomic E-state index is 13.8. The zero-order valence-corrected chi connectivity index (χ0v) is 19.8. The van der Waals surface area contributed by atoms with E-state index in [0.717, 1.165) is 24.9 Å². The Morgan fingerprint density at radius 3 is 2.53 bits per heavy atom. The van der Waals surface area contributed by atoms with E-state index in [2.05, 4.69) is 11.2 Å². The molecule has 1 fully saturated rings. The van der Waals surface area contributed by atoms with Crippen LogP contribution in [0.25, 0.3) is 11.5 Å². The summed E-state index contributed by atoms with van der Waals surface area (Å²) >= 11 is 0. The average molecular weight is 484 g/mol. The number of hydrogen-bond acceptors (Lipinski definition) is 3. The van der Waals surface area contributed by atoms with Gasteiger partial charge in [-0.1, -0.05) is 18.2 Å². The highest BCUT2D eigenvalue weighted by molar-refractivity contribution is 5.99. The van der Waals surface area contributed by atoms with Crippen LogP contribution in [-0.2, 0) is 11.2 Å². The Morgan fingerprint density at radius 1 is 0.944 bits per heavy atom. The maximum absolute atomic E-state index is 13.8. The number of hydrogen-bond donors (Lipinski definition) is 0. The number of para-hydroxylation sites is 1. The number of likely N-dealkylation sites (tertiary alicyclic amines) is 1. The van der Waals surface area contributed by atoms with Gasteiger partial charge in [0.2, 0.25) is 5.91 Å². The minimum Gasteiger partial charge on any atom is -0.338 e. The minimum atomic E-state index is -0.339. The minimum absolute atomic E-state index is 0.0880. The highest BCUT2D eigenvalue weighted by Crippen LogP contribution is 2.31. The third-order valence-electron chi connectivity index (χ3n) is 7.11. The first-order valence-electron chi connectivity index (χ1n) is 12.3. The molecule has 4 heterocycles. The molecule has 6 rings (SSSR count). The first-order valence-corrected chi connectivity index (χ1v) is 12.3. The van der Waals surface area contributed by atoms with Crippen molar-refractivity contribution in [2.24, 2.45) is 5.92 Å². The molecule has 4 aromatic rings. The van der Waals surface area contributed by atoms with E-state index in [9.17, 15) is 14.0 Å². The Balaban J connectivity index is 1.28. The van der Waals surface area contributed by atoms with Crippen LogP contribution in [0.2, 0.25) is 0 Å². The van der Waals surface area contributed by atoms with Crippen molar-refractivity contribution in [1.29, 1.82) is 0 Å². The molecule has 0 saturated carbocycles. The number of aromatic nitrogens is 3. The highest BCUT2D eigenvalue weighted by atomic mass is 19.1. The molecule has 0 aliphatic carbocycles. The van der Waals surface area contributed by atoms with Gasteiger partial charge in [-0.05, 0) is 67.3 Å². The van der Waals surface area contributed by atoms with Gasteiger partial charge in [0.25, 0.3) is 5.91 Å². The maximum Gasteiger partial charge on any atom is 0.259 e. The molecule has 36 heavy (non-hydrogen) atoms. The van der Waals surface area contributed by atoms with Crippen LogP contribution in [0.1, 0.15) is 28.8 Å². The quantitative estimate of drug-likeness (QED) is 0.436. The van der Waals surface area contributed by atoms with Crippen LogP contribution in [0, 0.1) is 11.7 Å². The molecule has 0 radical (unpaired) electrons. The molecule has 2 aliphatic rings. The smallest absolute Gasteiger partial charge is 0.259 e. The standard InChI is InChI=1S/C28H26FN5O2/c29-22-9-11-23(12-10-22)34-26(31-14-3-4-15-31)24(18-30-34)28(36)32-16-5-7-21(19-32)27(35)33-17-13-20-6-1-2-8-25(20)33/h1-4,6,8-12,14-15,18,21H,5,7,13,16-17,19H2/t21-/m1/s1. The molecule has 1 saturated heterocycles. The van der Waals surface area contributed by atoms with E-state index in [1.807, 2.05) is 52.2 Å². The van der Waals surface area contributed by atoms with Gasteiger partial charge in [-0.15, -0.1) is 0 Å². The second-order valence-corrected chi connectivity index (χ2v) is 9.32. The summed E-state index contributed by atoms with van der Waals surface area (Å²) in [7, 11) is 0. The van der Waals surface area contributed by atoms with Crippen LogP contribution in [0.5, 0.6) is 0 Å². The van der Waals surface area contributed by atoms with Crippen molar-refractivity contribution in [2.45, 2.75) is 19.3 Å². The first kappa shape index (κ1) is 22.3. The van der Waals surface area contributed by atoms with Crippen molar-refractivity contribution in [1.82, 2.24) is 19.2 Å². The Hall–Kier alpha value is -4.20. The lowest BCUT2D eigenvalue weighted by molar-refractivity contribution is -0.123. The molecule has 182 valence electrons. The Bertz CT molecular complexity index is 1410. The van der Waals surface area contributed by atoms with E-state index in [-0.39, 0.29) is 23.5 Å². The van der Waals surface area contributed by atoms with Gasteiger partial charge in [-0.3, -0.25) is 9.59 Å². The SMILES string of the molecule is O=C(c1cnn(-c2ccc(F)cc2)c1-n1cccc1)N1CCC[C@@H](C(=O)N2CCc3ccccc32)C1. The van der Waals surface area contributed by atoms with Crippen molar-refractivity contribution >= 4 is 17.5 Å². The zero-order valence-electron chi connectivity index (χ0n) is 19.8. The lowest BCUT2D eigenvalue weighted by atomic mass is 9.96. The summed E-state index contributed by atoms with van der Waals surface area (Å²) in [5.74, 6) is -0.0691. The number of amides is 2. The van der Waals surface area contributed by atoms with Gasteiger partial charge in [-0.25, -0.2) is 9.07 Å². The Kier molecular flexibility index (Phi) is 5.64. The van der Waals surface area contributed by atoms with Crippen molar-refractivity contribution in [3.63, 3.8) is 0 Å². The molecular formula is C28H26FN5O2. The van der Waals surface area contributed by atoms with Crippen molar-refractivity contribution in [3.05, 3.63) is 96.2 Å². The molecule has 0 bridgehead atoms. The predicted octanol–water partition coefficient (Wildman–Crippen LogP) is 4.24. The monoisotopic (exact) mass is 483 g/mol. The van der Waals surface area contributed by atoms with Gasteiger partial charge >= 0.3 is 0 Å². The van der Waals surface area contributed by atoms with Gasteiger partial charge in [0.1, 0.15) is 11.4 Å². The lowest BCUT2D eigenvalue weighted by Gasteiger charge is -2.34. The number of nitrogens with zero attached hydrogens (tertiary/aromatic N) is 5. The second-order valence-electron chi connectivity index (χ2n) is 9.32. The predicted molar refractivity (Wildman–Crippen MR) is 134 cm³/mol. The second kappa shape index (κ2) is 9.11. The molecule has 2 aromatic heterocycles. The van der Waals surface area contributed by atoms with Crippen molar-refractivity contribution < 1.29 is 14.0 Å². The lowest BCUT2D eigenvalue weighted by Crippen LogP contribution is -2.46. The Morgan fingerprint density at radius 2 is 1.72 bits per heavy atom. The van der Waals surface area contributed by atoms with E-state index >= 15 is 0 Å². The van der Waals surface area contributed by atoms with Crippen LogP contribution in [-0.4, -0.2) is 50.7 Å². The summed E-state index contributed by atoms with van der Waals surface area (Å²) in [4.78, 5) is 30.9. The number of piperidine rings is 1. The molecular weight excluding hydrogens is 457 g/mol. The number of benzene rings is 2. The van der Waals surface area contributed by atoms with Gasteiger partial charge < -0.3 is 14.4 Å². The third-order valence-corrected chi connectivity index (χ3v) is 7.11. The summed E-state index contributed by atoms with van der Waals surface area (Å²) in [6.45, 7) is 1.65. The molecule has 2 amide bonds. The van der Waals surface area contributed by atoms with Crippen molar-refractivity contribution in [2.75, 3.05) is 24.5 Å².